The number of rotatable bonds is 5. The van der Waals surface area contributed by atoms with Crippen LogP contribution in [0.3, 0.4) is 0 Å². The summed E-state index contributed by atoms with van der Waals surface area (Å²) in [4.78, 5) is 18.9. The molecule has 4 rings (SSSR count). The summed E-state index contributed by atoms with van der Waals surface area (Å²) >= 11 is 0. The second-order valence-electron chi connectivity index (χ2n) is 6.93. The highest BCUT2D eigenvalue weighted by molar-refractivity contribution is 5.96. The molecule has 0 saturated carbocycles. The van der Waals surface area contributed by atoms with Crippen molar-refractivity contribution in [3.05, 3.63) is 65.5 Å². The van der Waals surface area contributed by atoms with Crippen molar-refractivity contribution in [1.82, 2.24) is 10.1 Å². The van der Waals surface area contributed by atoms with E-state index in [1.807, 2.05) is 29.2 Å². The number of aromatic nitrogens is 2. The number of nitrogens with zero attached hydrogens (tertiary/aromatic N) is 3. The molecule has 0 N–H and O–H groups in total. The van der Waals surface area contributed by atoms with Crippen LogP contribution in [0, 0.1) is 0 Å². The van der Waals surface area contributed by atoms with Gasteiger partial charge in [0.25, 0.3) is 0 Å². The van der Waals surface area contributed by atoms with Crippen molar-refractivity contribution in [2.75, 3.05) is 11.4 Å². The standard InChI is InChI=1S/C22H23N3O2/c1-3-15-5-9-17(10-6-15)21-23-22(27-24-21)18-13-20(26)25(14-18)19-11-7-16(4-2)8-12-19/h5-12,18H,3-4,13-14H2,1-2H3. The third-order valence-electron chi connectivity index (χ3n) is 5.19. The van der Waals surface area contributed by atoms with Crippen molar-refractivity contribution >= 4 is 11.6 Å². The molecule has 0 bridgehead atoms. The quantitative estimate of drug-likeness (QED) is 0.676. The van der Waals surface area contributed by atoms with Crippen molar-refractivity contribution in [2.24, 2.45) is 0 Å². The molecular formula is C22H23N3O2. The maximum absolute atomic E-state index is 12.5. The van der Waals surface area contributed by atoms with Gasteiger partial charge in [-0.25, -0.2) is 0 Å². The van der Waals surface area contributed by atoms with E-state index >= 15 is 0 Å². The molecule has 1 unspecified atom stereocenters. The largest absolute Gasteiger partial charge is 0.339 e. The van der Waals surface area contributed by atoms with Gasteiger partial charge in [0.1, 0.15) is 0 Å². The molecule has 3 aromatic rings. The summed E-state index contributed by atoms with van der Waals surface area (Å²) in [6, 6.07) is 16.3. The Bertz CT molecular complexity index is 929. The Morgan fingerprint density at radius 1 is 1.00 bits per heavy atom. The molecule has 1 amide bonds. The molecule has 1 aliphatic heterocycles. The molecule has 5 nitrogen and oxygen atoms in total. The van der Waals surface area contributed by atoms with E-state index < -0.39 is 0 Å². The van der Waals surface area contributed by atoms with Crippen LogP contribution in [-0.2, 0) is 17.6 Å². The van der Waals surface area contributed by atoms with Gasteiger partial charge in [-0.2, -0.15) is 4.98 Å². The molecule has 0 radical (unpaired) electrons. The molecular weight excluding hydrogens is 338 g/mol. The molecule has 0 spiro atoms. The molecule has 138 valence electrons. The fourth-order valence-corrected chi connectivity index (χ4v) is 3.44. The Labute approximate surface area is 159 Å². The van der Waals surface area contributed by atoms with Crippen LogP contribution in [0.5, 0.6) is 0 Å². The van der Waals surface area contributed by atoms with Crippen LogP contribution >= 0.6 is 0 Å². The van der Waals surface area contributed by atoms with Gasteiger partial charge >= 0.3 is 0 Å². The maximum atomic E-state index is 12.5. The van der Waals surface area contributed by atoms with Gasteiger partial charge in [0.15, 0.2) is 0 Å². The number of carbonyl (C=O) groups is 1. The predicted octanol–water partition coefficient (Wildman–Crippen LogP) is 4.38. The molecule has 1 fully saturated rings. The van der Waals surface area contributed by atoms with Gasteiger partial charge in [-0.05, 0) is 36.1 Å². The number of carbonyl (C=O) groups excluding carboxylic acids is 1. The number of benzene rings is 2. The SMILES string of the molecule is CCc1ccc(-c2noc(C3CC(=O)N(c4ccc(CC)cc4)C3)n2)cc1. The zero-order chi connectivity index (χ0) is 18.8. The predicted molar refractivity (Wildman–Crippen MR) is 105 cm³/mol. The molecule has 1 saturated heterocycles. The summed E-state index contributed by atoms with van der Waals surface area (Å²) in [5, 5.41) is 4.12. The first kappa shape index (κ1) is 17.5. The summed E-state index contributed by atoms with van der Waals surface area (Å²) < 4.78 is 5.49. The summed E-state index contributed by atoms with van der Waals surface area (Å²) in [6.45, 7) is 4.82. The molecule has 5 heteroatoms. The molecule has 27 heavy (non-hydrogen) atoms. The highest BCUT2D eigenvalue weighted by Crippen LogP contribution is 2.32. The minimum absolute atomic E-state index is 0.0699. The fourth-order valence-electron chi connectivity index (χ4n) is 3.44. The van der Waals surface area contributed by atoms with Gasteiger partial charge in [-0.15, -0.1) is 0 Å². The molecule has 1 aliphatic rings. The van der Waals surface area contributed by atoms with Crippen LogP contribution < -0.4 is 4.90 Å². The number of amides is 1. The van der Waals surface area contributed by atoms with Gasteiger partial charge in [-0.1, -0.05) is 55.4 Å². The smallest absolute Gasteiger partial charge is 0.232 e. The van der Waals surface area contributed by atoms with E-state index in [0.29, 0.717) is 24.7 Å². The van der Waals surface area contributed by atoms with E-state index in [4.69, 9.17) is 4.52 Å². The van der Waals surface area contributed by atoms with Gasteiger partial charge in [0, 0.05) is 24.2 Å². The molecule has 1 atom stereocenters. The minimum Gasteiger partial charge on any atom is -0.339 e. The Morgan fingerprint density at radius 2 is 1.63 bits per heavy atom. The van der Waals surface area contributed by atoms with Gasteiger partial charge in [0.2, 0.25) is 17.6 Å². The Balaban J connectivity index is 1.51. The summed E-state index contributed by atoms with van der Waals surface area (Å²) in [5.41, 5.74) is 4.39. The van der Waals surface area contributed by atoms with E-state index in [1.54, 1.807) is 0 Å². The van der Waals surface area contributed by atoms with E-state index in [9.17, 15) is 4.79 Å². The first-order valence-corrected chi connectivity index (χ1v) is 9.50. The van der Waals surface area contributed by atoms with Crippen molar-refractivity contribution < 1.29 is 9.32 Å². The van der Waals surface area contributed by atoms with Crippen LogP contribution in [0.1, 0.15) is 43.2 Å². The second kappa shape index (κ2) is 7.35. The Kier molecular flexibility index (Phi) is 4.75. The summed E-state index contributed by atoms with van der Waals surface area (Å²) in [6.07, 6.45) is 2.38. The van der Waals surface area contributed by atoms with Crippen LogP contribution in [0.2, 0.25) is 0 Å². The minimum atomic E-state index is -0.0699. The van der Waals surface area contributed by atoms with Crippen molar-refractivity contribution in [1.29, 1.82) is 0 Å². The van der Waals surface area contributed by atoms with Crippen molar-refractivity contribution in [3.63, 3.8) is 0 Å². The average molecular weight is 361 g/mol. The lowest BCUT2D eigenvalue weighted by Crippen LogP contribution is -2.24. The van der Waals surface area contributed by atoms with Gasteiger partial charge in [-0.3, -0.25) is 4.79 Å². The third kappa shape index (κ3) is 3.50. The Morgan fingerprint density at radius 3 is 2.26 bits per heavy atom. The zero-order valence-electron chi connectivity index (χ0n) is 15.7. The monoisotopic (exact) mass is 361 g/mol. The van der Waals surface area contributed by atoms with Crippen LogP contribution in [0.25, 0.3) is 11.4 Å². The summed E-state index contributed by atoms with van der Waals surface area (Å²) in [7, 11) is 0. The molecule has 0 aliphatic carbocycles. The van der Waals surface area contributed by atoms with Gasteiger partial charge in [0.05, 0.1) is 5.92 Å². The van der Waals surface area contributed by atoms with E-state index in [0.717, 1.165) is 24.1 Å². The lowest BCUT2D eigenvalue weighted by Gasteiger charge is -2.16. The Hall–Kier alpha value is -2.95. The molecule has 2 aromatic carbocycles. The van der Waals surface area contributed by atoms with Crippen molar-refractivity contribution in [3.8, 4) is 11.4 Å². The van der Waals surface area contributed by atoms with E-state index in [-0.39, 0.29) is 11.8 Å². The molecule has 2 heterocycles. The topological polar surface area (TPSA) is 59.2 Å². The highest BCUT2D eigenvalue weighted by atomic mass is 16.5. The fraction of sp³-hybridized carbons (Fsp3) is 0.318. The maximum Gasteiger partial charge on any atom is 0.232 e. The van der Waals surface area contributed by atoms with Crippen LogP contribution in [0.4, 0.5) is 5.69 Å². The zero-order valence-corrected chi connectivity index (χ0v) is 15.7. The number of hydrogen-bond donors (Lipinski definition) is 0. The summed E-state index contributed by atoms with van der Waals surface area (Å²) in [5.74, 6) is 1.13. The first-order chi connectivity index (χ1) is 13.2. The second-order valence-corrected chi connectivity index (χ2v) is 6.93. The average Bonchev–Trinajstić information content (AvgIpc) is 3.35. The highest BCUT2D eigenvalue weighted by Gasteiger charge is 2.35. The number of hydrogen-bond acceptors (Lipinski definition) is 4. The molecule has 1 aromatic heterocycles. The number of anilines is 1. The van der Waals surface area contributed by atoms with Crippen LogP contribution in [-0.4, -0.2) is 22.6 Å². The third-order valence-corrected chi connectivity index (χ3v) is 5.19. The van der Waals surface area contributed by atoms with Gasteiger partial charge < -0.3 is 9.42 Å². The lowest BCUT2D eigenvalue weighted by molar-refractivity contribution is -0.117. The van der Waals surface area contributed by atoms with Crippen LogP contribution in [0.15, 0.2) is 53.1 Å². The van der Waals surface area contributed by atoms with Crippen molar-refractivity contribution in [2.45, 2.75) is 39.0 Å². The van der Waals surface area contributed by atoms with E-state index in [2.05, 4.69) is 48.3 Å². The van der Waals surface area contributed by atoms with E-state index in [1.165, 1.54) is 11.1 Å². The first-order valence-electron chi connectivity index (χ1n) is 9.50. The number of aryl methyl sites for hydroxylation is 2. The lowest BCUT2D eigenvalue weighted by atomic mass is 10.1. The normalized spacial score (nSPS) is 16.9.